The third kappa shape index (κ3) is 4.44. The molecule has 6 nitrogen and oxygen atoms in total. The van der Waals surface area contributed by atoms with E-state index in [-0.39, 0.29) is 18.5 Å². The Bertz CT molecular complexity index is 649. The second-order valence-electron chi connectivity index (χ2n) is 7.12. The minimum Gasteiger partial charge on any atom is -0.456 e. The summed E-state index contributed by atoms with van der Waals surface area (Å²) in [6.07, 6.45) is 5.05. The maximum absolute atomic E-state index is 11.9. The third-order valence-electron chi connectivity index (χ3n) is 4.47. The Morgan fingerprint density at radius 1 is 1.20 bits per heavy atom. The molecule has 0 aromatic heterocycles. The Morgan fingerprint density at radius 3 is 2.64 bits per heavy atom. The van der Waals surface area contributed by atoms with Crippen molar-refractivity contribution in [2.24, 2.45) is 5.92 Å². The van der Waals surface area contributed by atoms with Gasteiger partial charge < -0.3 is 19.5 Å². The molecule has 0 bridgehead atoms. The number of carbonyl (C=O) groups excluding carboxylic acids is 2. The molecule has 6 heteroatoms. The quantitative estimate of drug-likeness (QED) is 0.795. The first-order chi connectivity index (χ1) is 12.0. The molecule has 3 rings (SSSR count). The number of benzene rings is 1. The number of carbonyl (C=O) groups is 2. The van der Waals surface area contributed by atoms with Gasteiger partial charge in [-0.05, 0) is 37.3 Å². The van der Waals surface area contributed by atoms with Crippen molar-refractivity contribution in [3.63, 3.8) is 0 Å². The monoisotopic (exact) mass is 347 g/mol. The second-order valence-corrected chi connectivity index (χ2v) is 7.12. The molecule has 1 saturated carbocycles. The van der Waals surface area contributed by atoms with Crippen molar-refractivity contribution in [3.05, 3.63) is 18.2 Å². The van der Waals surface area contributed by atoms with Crippen molar-refractivity contribution < 1.29 is 23.8 Å². The number of ether oxygens (including phenoxy) is 3. The normalized spacial score (nSPS) is 17.1. The summed E-state index contributed by atoms with van der Waals surface area (Å²) in [5.74, 6) is 0.550. The van der Waals surface area contributed by atoms with E-state index in [1.165, 1.54) is 0 Å². The van der Waals surface area contributed by atoms with Gasteiger partial charge in [0.15, 0.2) is 18.1 Å². The Balaban J connectivity index is 1.49. The standard InChI is InChI=1S/C19H25NO5/c1-13(2)5-8-18(22)23-12-17(21)20-14-6-7-15-16(11-14)25-19(24-15)9-3-4-10-19/h6-7,11,13H,3-5,8-10,12H2,1-2H3,(H,20,21). The van der Waals surface area contributed by atoms with Gasteiger partial charge >= 0.3 is 5.97 Å². The summed E-state index contributed by atoms with van der Waals surface area (Å²) in [5.41, 5.74) is 0.598. The van der Waals surface area contributed by atoms with Crippen molar-refractivity contribution >= 4 is 17.6 Å². The first kappa shape index (κ1) is 17.6. The Hall–Kier alpha value is -2.24. The fraction of sp³-hybridized carbons (Fsp3) is 0.579. The molecule has 0 atom stereocenters. The van der Waals surface area contributed by atoms with Crippen LogP contribution in [0.25, 0.3) is 0 Å². The van der Waals surface area contributed by atoms with E-state index < -0.39 is 5.79 Å². The third-order valence-corrected chi connectivity index (χ3v) is 4.47. The minimum absolute atomic E-state index is 0.282. The lowest BCUT2D eigenvalue weighted by Gasteiger charge is -2.21. The average molecular weight is 347 g/mol. The molecule has 1 heterocycles. The average Bonchev–Trinajstić information content (AvgIpc) is 3.16. The Kier molecular flexibility index (Phi) is 5.16. The van der Waals surface area contributed by atoms with Crippen molar-refractivity contribution in [2.45, 2.75) is 58.2 Å². The smallest absolute Gasteiger partial charge is 0.306 e. The van der Waals surface area contributed by atoms with Gasteiger partial charge in [-0.2, -0.15) is 0 Å². The summed E-state index contributed by atoms with van der Waals surface area (Å²) in [5, 5.41) is 2.72. The number of nitrogens with one attached hydrogen (secondary N) is 1. The molecule has 2 aliphatic rings. The van der Waals surface area contributed by atoms with Gasteiger partial charge in [0.25, 0.3) is 11.7 Å². The van der Waals surface area contributed by atoms with Crippen LogP contribution in [-0.4, -0.2) is 24.3 Å². The molecule has 0 radical (unpaired) electrons. The zero-order chi connectivity index (χ0) is 17.9. The van der Waals surface area contributed by atoms with Gasteiger partial charge in [-0.15, -0.1) is 0 Å². The molecular formula is C19H25NO5. The van der Waals surface area contributed by atoms with Gasteiger partial charge in [0.2, 0.25) is 0 Å². The lowest BCUT2D eigenvalue weighted by molar-refractivity contribution is -0.147. The van der Waals surface area contributed by atoms with E-state index in [0.717, 1.165) is 32.1 Å². The van der Waals surface area contributed by atoms with E-state index in [9.17, 15) is 9.59 Å². The summed E-state index contributed by atoms with van der Waals surface area (Å²) in [6, 6.07) is 5.31. The van der Waals surface area contributed by atoms with Crippen LogP contribution < -0.4 is 14.8 Å². The van der Waals surface area contributed by atoms with E-state index in [2.05, 4.69) is 5.32 Å². The van der Waals surface area contributed by atoms with Gasteiger partial charge in [-0.1, -0.05) is 13.8 Å². The fourth-order valence-electron chi connectivity index (χ4n) is 3.11. The largest absolute Gasteiger partial charge is 0.456 e. The topological polar surface area (TPSA) is 73.9 Å². The number of amides is 1. The van der Waals surface area contributed by atoms with Crippen LogP contribution in [0, 0.1) is 5.92 Å². The van der Waals surface area contributed by atoms with E-state index in [1.54, 1.807) is 18.2 Å². The first-order valence-electron chi connectivity index (χ1n) is 8.93. The highest BCUT2D eigenvalue weighted by atomic mass is 16.7. The minimum atomic E-state index is -0.517. The number of anilines is 1. The molecule has 1 aliphatic heterocycles. The van der Waals surface area contributed by atoms with Gasteiger partial charge in [0.05, 0.1) is 0 Å². The summed E-state index contributed by atoms with van der Waals surface area (Å²) < 4.78 is 16.9. The fourth-order valence-corrected chi connectivity index (χ4v) is 3.11. The number of fused-ring (bicyclic) bond motifs is 1. The van der Waals surface area contributed by atoms with Crippen molar-refractivity contribution in [2.75, 3.05) is 11.9 Å². The zero-order valence-corrected chi connectivity index (χ0v) is 14.8. The molecule has 1 aromatic rings. The highest BCUT2D eigenvalue weighted by Crippen LogP contribution is 2.47. The van der Waals surface area contributed by atoms with E-state index in [4.69, 9.17) is 14.2 Å². The highest BCUT2D eigenvalue weighted by molar-refractivity contribution is 5.93. The molecule has 0 unspecified atom stereocenters. The van der Waals surface area contributed by atoms with E-state index >= 15 is 0 Å². The molecule has 136 valence electrons. The number of hydrogen-bond donors (Lipinski definition) is 1. The second kappa shape index (κ2) is 7.33. The molecule has 1 N–H and O–H groups in total. The van der Waals surface area contributed by atoms with Crippen molar-refractivity contribution in [3.8, 4) is 11.5 Å². The van der Waals surface area contributed by atoms with Gasteiger partial charge in [0.1, 0.15) is 0 Å². The summed E-state index contributed by atoms with van der Waals surface area (Å²) in [6.45, 7) is 3.79. The lowest BCUT2D eigenvalue weighted by Crippen LogP contribution is -2.34. The first-order valence-corrected chi connectivity index (χ1v) is 8.93. The maximum atomic E-state index is 11.9. The van der Waals surface area contributed by atoms with Crippen molar-refractivity contribution in [1.82, 2.24) is 0 Å². The SMILES string of the molecule is CC(C)CCC(=O)OCC(=O)Nc1ccc2c(c1)OC1(CCCC1)O2. The van der Waals surface area contributed by atoms with E-state index in [0.29, 0.717) is 29.5 Å². The number of hydrogen-bond acceptors (Lipinski definition) is 5. The maximum Gasteiger partial charge on any atom is 0.306 e. The number of esters is 1. The van der Waals surface area contributed by atoms with Crippen LogP contribution in [0.4, 0.5) is 5.69 Å². The zero-order valence-electron chi connectivity index (χ0n) is 14.8. The Labute approximate surface area is 147 Å². The summed E-state index contributed by atoms with van der Waals surface area (Å²) >= 11 is 0. The van der Waals surface area contributed by atoms with Crippen LogP contribution in [0.1, 0.15) is 52.4 Å². The summed E-state index contributed by atoms with van der Waals surface area (Å²) in [4.78, 5) is 23.5. The molecule has 1 spiro atoms. The van der Waals surface area contributed by atoms with Gasteiger partial charge in [0, 0.05) is 31.0 Å². The van der Waals surface area contributed by atoms with Crippen molar-refractivity contribution in [1.29, 1.82) is 0 Å². The van der Waals surface area contributed by atoms with Gasteiger partial charge in [-0.3, -0.25) is 9.59 Å². The lowest BCUT2D eigenvalue weighted by atomic mass is 10.1. The van der Waals surface area contributed by atoms with Crippen LogP contribution in [0.2, 0.25) is 0 Å². The predicted octanol–water partition coefficient (Wildman–Crippen LogP) is 3.65. The number of rotatable bonds is 6. The van der Waals surface area contributed by atoms with Crippen LogP contribution in [-0.2, 0) is 14.3 Å². The van der Waals surface area contributed by atoms with E-state index in [1.807, 2.05) is 13.8 Å². The molecule has 1 aromatic carbocycles. The Morgan fingerprint density at radius 2 is 1.92 bits per heavy atom. The predicted molar refractivity (Wildman–Crippen MR) is 92.6 cm³/mol. The van der Waals surface area contributed by atoms with Crippen LogP contribution in [0.15, 0.2) is 18.2 Å². The molecule has 1 fully saturated rings. The molecule has 1 amide bonds. The van der Waals surface area contributed by atoms with Crippen LogP contribution in [0.3, 0.4) is 0 Å². The summed E-state index contributed by atoms with van der Waals surface area (Å²) in [7, 11) is 0. The molecule has 1 aliphatic carbocycles. The van der Waals surface area contributed by atoms with Crippen LogP contribution >= 0.6 is 0 Å². The molecule has 25 heavy (non-hydrogen) atoms. The highest BCUT2D eigenvalue weighted by Gasteiger charge is 2.44. The molecule has 0 saturated heterocycles. The van der Waals surface area contributed by atoms with Crippen LogP contribution in [0.5, 0.6) is 11.5 Å². The molecular weight excluding hydrogens is 322 g/mol. The van der Waals surface area contributed by atoms with Gasteiger partial charge in [-0.25, -0.2) is 0 Å².